The average Bonchev–Trinajstić information content (AvgIpc) is 2.45. The summed E-state index contributed by atoms with van der Waals surface area (Å²) in [5, 5.41) is 3.54. The van der Waals surface area contributed by atoms with E-state index < -0.39 is 0 Å². The van der Waals surface area contributed by atoms with Gasteiger partial charge in [0.2, 0.25) is 0 Å². The van der Waals surface area contributed by atoms with Crippen molar-refractivity contribution in [2.75, 3.05) is 17.7 Å². The third-order valence-electron chi connectivity index (χ3n) is 3.09. The van der Waals surface area contributed by atoms with Crippen molar-refractivity contribution in [3.8, 4) is 0 Å². The summed E-state index contributed by atoms with van der Waals surface area (Å²) in [6.07, 6.45) is 3.77. The summed E-state index contributed by atoms with van der Waals surface area (Å²) >= 11 is 1.96. The first-order valence-electron chi connectivity index (χ1n) is 6.26. The van der Waals surface area contributed by atoms with E-state index in [1.165, 1.54) is 25.0 Å². The van der Waals surface area contributed by atoms with E-state index in [1.807, 2.05) is 23.9 Å². The monoisotopic (exact) mass is 265 g/mol. The van der Waals surface area contributed by atoms with Gasteiger partial charge in [0.1, 0.15) is 0 Å². The highest BCUT2D eigenvalue weighted by Crippen LogP contribution is 2.24. The first-order valence-corrected chi connectivity index (χ1v) is 7.31. The molecule has 1 atom stereocenters. The molecule has 0 aliphatic carbocycles. The lowest BCUT2D eigenvalue weighted by molar-refractivity contribution is 0.0954. The van der Waals surface area contributed by atoms with Crippen LogP contribution in [0.15, 0.2) is 24.3 Å². The predicted molar refractivity (Wildman–Crippen MR) is 76.7 cm³/mol. The Kier molecular flexibility index (Phi) is 4.90. The molecule has 1 aliphatic rings. The van der Waals surface area contributed by atoms with E-state index in [1.54, 1.807) is 12.1 Å². The molecule has 1 saturated heterocycles. The fourth-order valence-corrected chi connectivity index (χ4v) is 3.32. The Hall–Kier alpha value is -1.20. The van der Waals surface area contributed by atoms with Crippen molar-refractivity contribution >= 4 is 23.4 Å². The smallest absolute Gasteiger partial charge is 0.253 e. The zero-order chi connectivity index (χ0) is 12.8. The zero-order valence-corrected chi connectivity index (χ0v) is 11.1. The van der Waals surface area contributed by atoms with E-state index in [9.17, 15) is 4.79 Å². The number of hydrazine groups is 1. The van der Waals surface area contributed by atoms with E-state index in [0.29, 0.717) is 16.5 Å². The number of amides is 1. The van der Waals surface area contributed by atoms with Crippen LogP contribution in [-0.2, 0) is 0 Å². The molecule has 5 heteroatoms. The van der Waals surface area contributed by atoms with Crippen molar-refractivity contribution in [1.82, 2.24) is 5.32 Å². The lowest BCUT2D eigenvalue weighted by atomic mass is 10.1. The standard InChI is InChI=1S/C13H19N3OS/c14-16-12-7-2-1-6-11(12)13(17)15-9-10-5-3-4-8-18-10/h1-2,6-7,10,16H,3-5,8-9,14H2,(H,15,17). The van der Waals surface area contributed by atoms with Crippen molar-refractivity contribution in [3.63, 3.8) is 0 Å². The molecular weight excluding hydrogens is 246 g/mol. The van der Waals surface area contributed by atoms with Crippen LogP contribution in [0.4, 0.5) is 5.69 Å². The number of nitrogens with one attached hydrogen (secondary N) is 2. The summed E-state index contributed by atoms with van der Waals surface area (Å²) in [5.74, 6) is 6.54. The zero-order valence-electron chi connectivity index (χ0n) is 10.3. The summed E-state index contributed by atoms with van der Waals surface area (Å²) in [6, 6.07) is 7.26. The Morgan fingerprint density at radius 1 is 1.39 bits per heavy atom. The quantitative estimate of drug-likeness (QED) is 0.575. The van der Waals surface area contributed by atoms with Crippen molar-refractivity contribution < 1.29 is 4.79 Å². The Bertz CT molecular complexity index is 405. The molecule has 1 heterocycles. The Morgan fingerprint density at radius 3 is 2.94 bits per heavy atom. The molecule has 0 aromatic heterocycles. The number of rotatable bonds is 4. The van der Waals surface area contributed by atoms with Gasteiger partial charge in [0, 0.05) is 11.8 Å². The van der Waals surface area contributed by atoms with Gasteiger partial charge in [-0.15, -0.1) is 0 Å². The van der Waals surface area contributed by atoms with Gasteiger partial charge in [-0.25, -0.2) is 0 Å². The normalized spacial score (nSPS) is 19.3. The second-order valence-electron chi connectivity index (χ2n) is 4.39. The van der Waals surface area contributed by atoms with Crippen LogP contribution in [0.1, 0.15) is 29.6 Å². The second-order valence-corrected chi connectivity index (χ2v) is 5.80. The largest absolute Gasteiger partial charge is 0.351 e. The van der Waals surface area contributed by atoms with Crippen molar-refractivity contribution in [1.29, 1.82) is 0 Å². The maximum Gasteiger partial charge on any atom is 0.253 e. The van der Waals surface area contributed by atoms with Gasteiger partial charge < -0.3 is 10.7 Å². The summed E-state index contributed by atoms with van der Waals surface area (Å²) in [4.78, 5) is 12.1. The highest BCUT2D eigenvalue weighted by atomic mass is 32.2. The van der Waals surface area contributed by atoms with Gasteiger partial charge in [-0.1, -0.05) is 18.6 Å². The van der Waals surface area contributed by atoms with Crippen molar-refractivity contribution in [2.45, 2.75) is 24.5 Å². The Labute approximate surface area is 112 Å². The molecule has 1 aliphatic heterocycles. The van der Waals surface area contributed by atoms with Crippen LogP contribution >= 0.6 is 11.8 Å². The fraction of sp³-hybridized carbons (Fsp3) is 0.462. The van der Waals surface area contributed by atoms with Crippen LogP contribution < -0.4 is 16.6 Å². The molecule has 4 N–H and O–H groups in total. The molecule has 98 valence electrons. The Balaban J connectivity index is 1.90. The molecule has 1 aromatic rings. The molecular formula is C13H19N3OS. The number of hydrogen-bond donors (Lipinski definition) is 3. The molecule has 0 saturated carbocycles. The lowest BCUT2D eigenvalue weighted by Crippen LogP contribution is -2.32. The molecule has 1 fully saturated rings. The lowest BCUT2D eigenvalue weighted by Gasteiger charge is -2.21. The van der Waals surface area contributed by atoms with Gasteiger partial charge in [-0.3, -0.25) is 10.6 Å². The van der Waals surface area contributed by atoms with Gasteiger partial charge in [-0.2, -0.15) is 11.8 Å². The first kappa shape index (κ1) is 13.2. The van der Waals surface area contributed by atoms with Crippen LogP contribution in [0.2, 0.25) is 0 Å². The summed E-state index contributed by atoms with van der Waals surface area (Å²) in [5.41, 5.74) is 3.80. The van der Waals surface area contributed by atoms with Crippen LogP contribution in [0.5, 0.6) is 0 Å². The topological polar surface area (TPSA) is 67.1 Å². The number of thioether (sulfide) groups is 1. The minimum atomic E-state index is -0.0604. The highest BCUT2D eigenvalue weighted by molar-refractivity contribution is 7.99. The van der Waals surface area contributed by atoms with Crippen LogP contribution in [0, 0.1) is 0 Å². The maximum atomic E-state index is 12.1. The maximum absolute atomic E-state index is 12.1. The molecule has 1 aromatic carbocycles. The number of nitrogen functional groups attached to an aromatic ring is 1. The van der Waals surface area contributed by atoms with Crippen LogP contribution in [0.3, 0.4) is 0 Å². The molecule has 1 unspecified atom stereocenters. The van der Waals surface area contributed by atoms with Crippen LogP contribution in [-0.4, -0.2) is 23.5 Å². The van der Waals surface area contributed by atoms with Gasteiger partial charge in [0.15, 0.2) is 0 Å². The van der Waals surface area contributed by atoms with Gasteiger partial charge in [0.05, 0.1) is 11.3 Å². The van der Waals surface area contributed by atoms with E-state index in [-0.39, 0.29) is 5.91 Å². The molecule has 18 heavy (non-hydrogen) atoms. The molecule has 2 rings (SSSR count). The summed E-state index contributed by atoms with van der Waals surface area (Å²) in [6.45, 7) is 0.738. The number of anilines is 1. The number of nitrogens with two attached hydrogens (primary N) is 1. The van der Waals surface area contributed by atoms with Gasteiger partial charge in [-0.05, 0) is 30.7 Å². The minimum Gasteiger partial charge on any atom is -0.351 e. The number of hydrogen-bond acceptors (Lipinski definition) is 4. The second kappa shape index (κ2) is 6.66. The first-order chi connectivity index (χ1) is 8.81. The molecule has 1 amide bonds. The molecule has 0 radical (unpaired) electrons. The average molecular weight is 265 g/mol. The van der Waals surface area contributed by atoms with E-state index in [0.717, 1.165) is 6.54 Å². The fourth-order valence-electron chi connectivity index (χ4n) is 2.08. The van der Waals surface area contributed by atoms with Crippen molar-refractivity contribution in [2.24, 2.45) is 5.84 Å². The van der Waals surface area contributed by atoms with Gasteiger partial charge in [0.25, 0.3) is 5.91 Å². The molecule has 0 spiro atoms. The summed E-state index contributed by atoms with van der Waals surface area (Å²) in [7, 11) is 0. The summed E-state index contributed by atoms with van der Waals surface area (Å²) < 4.78 is 0. The third kappa shape index (κ3) is 3.40. The highest BCUT2D eigenvalue weighted by Gasteiger charge is 2.16. The van der Waals surface area contributed by atoms with Crippen molar-refractivity contribution in [3.05, 3.63) is 29.8 Å². The number of para-hydroxylation sites is 1. The molecule has 4 nitrogen and oxygen atoms in total. The third-order valence-corrected chi connectivity index (χ3v) is 4.49. The predicted octanol–water partition coefficient (Wildman–Crippen LogP) is 1.99. The van der Waals surface area contributed by atoms with E-state index in [2.05, 4.69) is 10.7 Å². The molecule has 0 bridgehead atoms. The van der Waals surface area contributed by atoms with E-state index in [4.69, 9.17) is 5.84 Å². The number of carbonyl (C=O) groups excluding carboxylic acids is 1. The Morgan fingerprint density at radius 2 is 2.22 bits per heavy atom. The number of carbonyl (C=O) groups is 1. The number of benzene rings is 1. The van der Waals surface area contributed by atoms with Gasteiger partial charge >= 0.3 is 0 Å². The minimum absolute atomic E-state index is 0.0604. The SMILES string of the molecule is NNc1ccccc1C(=O)NCC1CCCCS1. The van der Waals surface area contributed by atoms with E-state index >= 15 is 0 Å². The van der Waals surface area contributed by atoms with Crippen LogP contribution in [0.25, 0.3) is 0 Å².